The first-order valence-electron chi connectivity index (χ1n) is 7.51. The zero-order valence-electron chi connectivity index (χ0n) is 12.5. The van der Waals surface area contributed by atoms with Crippen LogP contribution < -0.4 is 16.4 Å². The average molecular weight is 278 g/mol. The van der Waals surface area contributed by atoms with Crippen molar-refractivity contribution in [3.8, 4) is 0 Å². The molecule has 1 heterocycles. The summed E-state index contributed by atoms with van der Waals surface area (Å²) in [4.78, 5) is 10.8. The molecule has 1 aliphatic carbocycles. The van der Waals surface area contributed by atoms with Crippen LogP contribution in [0.4, 0.5) is 17.6 Å². The van der Waals surface area contributed by atoms with Gasteiger partial charge < -0.3 is 21.3 Å². The van der Waals surface area contributed by atoms with Crippen molar-refractivity contribution in [1.29, 1.82) is 0 Å². The number of anilines is 3. The van der Waals surface area contributed by atoms with E-state index in [1.54, 1.807) is 0 Å². The molecule has 0 amide bonds. The van der Waals surface area contributed by atoms with E-state index < -0.39 is 0 Å². The number of nitrogens with two attached hydrogens (primary N) is 1. The molecule has 2 rings (SSSR count). The number of aromatic nitrogens is 2. The molecular weight excluding hydrogens is 252 g/mol. The van der Waals surface area contributed by atoms with Crippen LogP contribution >= 0.6 is 0 Å². The van der Waals surface area contributed by atoms with Crippen LogP contribution in [0.3, 0.4) is 0 Å². The summed E-state index contributed by atoms with van der Waals surface area (Å²) in [6, 6.07) is 2.65. The van der Waals surface area contributed by atoms with Crippen molar-refractivity contribution in [2.45, 2.75) is 38.6 Å². The molecule has 1 aromatic rings. The van der Waals surface area contributed by atoms with Crippen LogP contribution in [0, 0.1) is 0 Å². The second kappa shape index (κ2) is 7.28. The van der Waals surface area contributed by atoms with Gasteiger partial charge >= 0.3 is 0 Å². The maximum atomic E-state index is 5.71. The highest BCUT2D eigenvalue weighted by Gasteiger charge is 2.18. The Morgan fingerprint density at radius 1 is 1.25 bits per heavy atom. The topological polar surface area (TPSA) is 79.1 Å². The number of nitrogens with zero attached hydrogens (tertiary/aromatic N) is 3. The zero-order chi connectivity index (χ0) is 14.4. The molecule has 4 N–H and O–H groups in total. The van der Waals surface area contributed by atoms with Crippen LogP contribution in [-0.4, -0.2) is 47.6 Å². The van der Waals surface area contributed by atoms with Crippen molar-refractivity contribution in [2.24, 2.45) is 0 Å². The highest BCUT2D eigenvalue weighted by molar-refractivity contribution is 5.50. The van der Waals surface area contributed by atoms with Gasteiger partial charge in [-0.3, -0.25) is 0 Å². The molecule has 0 unspecified atom stereocenters. The standard InChI is InChI=1S/C14H26N6/c1-3-16-12-10-13(19-14(15)18-12)17-8-9-20(2)11-6-4-5-7-11/h10-11H,3-9H2,1-2H3,(H4,15,16,17,18,19). The lowest BCUT2D eigenvalue weighted by molar-refractivity contribution is 0.254. The van der Waals surface area contributed by atoms with E-state index in [0.29, 0.717) is 5.95 Å². The minimum Gasteiger partial charge on any atom is -0.370 e. The Balaban J connectivity index is 1.80. The van der Waals surface area contributed by atoms with Gasteiger partial charge in [-0.05, 0) is 26.8 Å². The summed E-state index contributed by atoms with van der Waals surface area (Å²) in [7, 11) is 2.20. The number of hydrogen-bond acceptors (Lipinski definition) is 6. The van der Waals surface area contributed by atoms with E-state index in [9.17, 15) is 0 Å². The molecule has 0 aromatic carbocycles. The molecule has 1 fully saturated rings. The van der Waals surface area contributed by atoms with E-state index in [-0.39, 0.29) is 0 Å². The van der Waals surface area contributed by atoms with E-state index >= 15 is 0 Å². The molecule has 6 heteroatoms. The van der Waals surface area contributed by atoms with Gasteiger partial charge in [-0.1, -0.05) is 12.8 Å². The molecule has 1 aliphatic rings. The minimum atomic E-state index is 0.301. The van der Waals surface area contributed by atoms with Crippen LogP contribution in [0.15, 0.2) is 6.07 Å². The highest BCUT2D eigenvalue weighted by Crippen LogP contribution is 2.22. The quantitative estimate of drug-likeness (QED) is 0.705. The molecule has 1 aromatic heterocycles. The number of likely N-dealkylation sites (N-methyl/N-ethyl adjacent to an activating group) is 1. The molecule has 20 heavy (non-hydrogen) atoms. The van der Waals surface area contributed by atoms with Crippen LogP contribution in [-0.2, 0) is 0 Å². The smallest absolute Gasteiger partial charge is 0.223 e. The Kier molecular flexibility index (Phi) is 5.40. The van der Waals surface area contributed by atoms with Crippen LogP contribution in [0.2, 0.25) is 0 Å². The van der Waals surface area contributed by atoms with Crippen LogP contribution in [0.1, 0.15) is 32.6 Å². The van der Waals surface area contributed by atoms with Gasteiger partial charge in [0.05, 0.1) is 0 Å². The largest absolute Gasteiger partial charge is 0.370 e. The minimum absolute atomic E-state index is 0.301. The normalized spacial score (nSPS) is 15.8. The molecule has 0 aliphatic heterocycles. The fourth-order valence-electron chi connectivity index (χ4n) is 2.72. The van der Waals surface area contributed by atoms with E-state index in [1.807, 2.05) is 13.0 Å². The Morgan fingerprint density at radius 2 is 1.90 bits per heavy atom. The predicted octanol–water partition coefficient (Wildman–Crippen LogP) is 1.78. The lowest BCUT2D eigenvalue weighted by Gasteiger charge is -2.24. The van der Waals surface area contributed by atoms with E-state index in [4.69, 9.17) is 5.73 Å². The number of nitrogens with one attached hydrogen (secondary N) is 2. The maximum Gasteiger partial charge on any atom is 0.223 e. The first-order chi connectivity index (χ1) is 9.69. The lowest BCUT2D eigenvalue weighted by atomic mass is 10.2. The molecule has 0 atom stereocenters. The summed E-state index contributed by atoms with van der Waals surface area (Å²) >= 11 is 0. The summed E-state index contributed by atoms with van der Waals surface area (Å²) in [5.41, 5.74) is 5.71. The molecule has 112 valence electrons. The number of rotatable bonds is 7. The second-order valence-electron chi connectivity index (χ2n) is 5.37. The van der Waals surface area contributed by atoms with Gasteiger partial charge in [0.15, 0.2) is 0 Å². The molecule has 6 nitrogen and oxygen atoms in total. The van der Waals surface area contributed by atoms with Gasteiger partial charge in [0.1, 0.15) is 11.6 Å². The summed E-state index contributed by atoms with van der Waals surface area (Å²) in [6.07, 6.45) is 5.41. The Bertz CT molecular complexity index is 416. The Hall–Kier alpha value is -1.56. The van der Waals surface area contributed by atoms with Crippen molar-refractivity contribution in [3.63, 3.8) is 0 Å². The molecular formula is C14H26N6. The Morgan fingerprint density at radius 3 is 2.55 bits per heavy atom. The predicted molar refractivity (Wildman–Crippen MR) is 84.0 cm³/mol. The molecule has 0 bridgehead atoms. The van der Waals surface area contributed by atoms with Gasteiger partial charge in [0.25, 0.3) is 0 Å². The second-order valence-corrected chi connectivity index (χ2v) is 5.37. The van der Waals surface area contributed by atoms with Crippen LogP contribution in [0.25, 0.3) is 0 Å². The van der Waals surface area contributed by atoms with Gasteiger partial charge in [-0.25, -0.2) is 0 Å². The third-order valence-corrected chi connectivity index (χ3v) is 3.82. The van der Waals surface area contributed by atoms with Crippen molar-refractivity contribution in [1.82, 2.24) is 14.9 Å². The highest BCUT2D eigenvalue weighted by atomic mass is 15.2. The van der Waals surface area contributed by atoms with E-state index in [1.165, 1.54) is 25.7 Å². The first-order valence-corrected chi connectivity index (χ1v) is 7.51. The van der Waals surface area contributed by atoms with E-state index in [0.717, 1.165) is 37.3 Å². The lowest BCUT2D eigenvalue weighted by Crippen LogP contribution is -2.33. The summed E-state index contributed by atoms with van der Waals surface area (Å²) in [6.45, 7) is 4.74. The third-order valence-electron chi connectivity index (χ3n) is 3.82. The fraction of sp³-hybridized carbons (Fsp3) is 0.714. The molecule has 0 spiro atoms. The monoisotopic (exact) mass is 278 g/mol. The number of hydrogen-bond donors (Lipinski definition) is 3. The molecule has 0 radical (unpaired) electrons. The SMILES string of the molecule is CCNc1cc(NCCN(C)C2CCCC2)nc(N)n1. The fourth-order valence-corrected chi connectivity index (χ4v) is 2.72. The third kappa shape index (κ3) is 4.23. The van der Waals surface area contributed by atoms with Gasteiger partial charge in [-0.2, -0.15) is 9.97 Å². The van der Waals surface area contributed by atoms with Gasteiger partial charge in [0, 0.05) is 31.7 Å². The molecule has 1 saturated carbocycles. The van der Waals surface area contributed by atoms with Crippen molar-refractivity contribution in [2.75, 3.05) is 43.0 Å². The van der Waals surface area contributed by atoms with Gasteiger partial charge in [0.2, 0.25) is 5.95 Å². The van der Waals surface area contributed by atoms with Crippen molar-refractivity contribution < 1.29 is 0 Å². The Labute approximate surface area is 121 Å². The van der Waals surface area contributed by atoms with Crippen molar-refractivity contribution in [3.05, 3.63) is 6.07 Å². The molecule has 0 saturated heterocycles. The number of nitrogen functional groups attached to an aromatic ring is 1. The average Bonchev–Trinajstić information content (AvgIpc) is 2.92. The summed E-state index contributed by atoms with van der Waals surface area (Å²) < 4.78 is 0. The van der Waals surface area contributed by atoms with Gasteiger partial charge in [-0.15, -0.1) is 0 Å². The van der Waals surface area contributed by atoms with Crippen molar-refractivity contribution >= 4 is 17.6 Å². The van der Waals surface area contributed by atoms with E-state index in [2.05, 4.69) is 32.5 Å². The van der Waals surface area contributed by atoms with Crippen LogP contribution in [0.5, 0.6) is 0 Å². The summed E-state index contributed by atoms with van der Waals surface area (Å²) in [5, 5.41) is 6.48. The summed E-state index contributed by atoms with van der Waals surface area (Å²) in [5.74, 6) is 1.86. The first kappa shape index (κ1) is 14.8. The zero-order valence-corrected chi connectivity index (χ0v) is 12.5. The maximum absolute atomic E-state index is 5.71.